The number of benzene rings is 2. The van der Waals surface area contributed by atoms with Crippen LogP contribution >= 0.6 is 11.3 Å². The van der Waals surface area contributed by atoms with E-state index in [1.54, 1.807) is 12.5 Å². The third-order valence-corrected chi connectivity index (χ3v) is 4.32. The molecule has 0 aliphatic carbocycles. The topological polar surface area (TPSA) is 51.2 Å². The Morgan fingerprint density at radius 2 is 1.96 bits per heavy atom. The molecular formula is C18H14F2N2O2S. The van der Waals surface area contributed by atoms with E-state index in [1.165, 1.54) is 11.3 Å². The minimum Gasteiger partial charge on any atom is -0.497 e. The van der Waals surface area contributed by atoms with E-state index in [0.717, 1.165) is 34.5 Å². The Morgan fingerprint density at radius 3 is 2.68 bits per heavy atom. The predicted octanol–water partition coefficient (Wildman–Crippen LogP) is 4.27. The van der Waals surface area contributed by atoms with Crippen LogP contribution in [0.25, 0.3) is 0 Å². The largest absolute Gasteiger partial charge is 0.497 e. The number of hydrogen-bond donors (Lipinski definition) is 1. The van der Waals surface area contributed by atoms with Gasteiger partial charge in [-0.1, -0.05) is 12.1 Å². The van der Waals surface area contributed by atoms with Gasteiger partial charge in [-0.15, -0.1) is 11.3 Å². The molecule has 4 nitrogen and oxygen atoms in total. The SMILES string of the molecule is COc1ccc(Cc2nc(C(=O)Nc3cc(F)ccc3F)cs2)cc1. The minimum atomic E-state index is -0.705. The van der Waals surface area contributed by atoms with Crippen LogP contribution in [0.15, 0.2) is 47.8 Å². The Morgan fingerprint density at radius 1 is 1.20 bits per heavy atom. The number of thiazole rings is 1. The van der Waals surface area contributed by atoms with Gasteiger partial charge >= 0.3 is 0 Å². The molecule has 3 rings (SSSR count). The molecule has 0 aliphatic rings. The first kappa shape index (κ1) is 17.0. The molecule has 128 valence electrons. The number of nitrogens with zero attached hydrogens (tertiary/aromatic N) is 1. The van der Waals surface area contributed by atoms with E-state index in [0.29, 0.717) is 6.42 Å². The van der Waals surface area contributed by atoms with Crippen molar-refractivity contribution in [3.8, 4) is 5.75 Å². The molecule has 7 heteroatoms. The number of carbonyl (C=O) groups excluding carboxylic acids is 1. The van der Waals surface area contributed by atoms with E-state index in [1.807, 2.05) is 24.3 Å². The van der Waals surface area contributed by atoms with Crippen molar-refractivity contribution < 1.29 is 18.3 Å². The van der Waals surface area contributed by atoms with Crippen LogP contribution in [-0.4, -0.2) is 18.0 Å². The molecule has 0 atom stereocenters. The van der Waals surface area contributed by atoms with Gasteiger partial charge in [0.2, 0.25) is 0 Å². The van der Waals surface area contributed by atoms with Gasteiger partial charge in [-0.05, 0) is 29.8 Å². The second-order valence-electron chi connectivity index (χ2n) is 5.23. The highest BCUT2D eigenvalue weighted by molar-refractivity contribution is 7.09. The van der Waals surface area contributed by atoms with Crippen LogP contribution < -0.4 is 10.1 Å². The lowest BCUT2D eigenvalue weighted by Gasteiger charge is -2.04. The van der Waals surface area contributed by atoms with Crippen molar-refractivity contribution in [1.82, 2.24) is 4.98 Å². The van der Waals surface area contributed by atoms with Gasteiger partial charge in [0, 0.05) is 17.9 Å². The van der Waals surface area contributed by atoms with Gasteiger partial charge in [-0.25, -0.2) is 13.8 Å². The smallest absolute Gasteiger partial charge is 0.275 e. The lowest BCUT2D eigenvalue weighted by atomic mass is 10.1. The molecule has 0 unspecified atom stereocenters. The average Bonchev–Trinajstić information content (AvgIpc) is 3.07. The maximum Gasteiger partial charge on any atom is 0.275 e. The van der Waals surface area contributed by atoms with Crippen molar-refractivity contribution in [2.75, 3.05) is 12.4 Å². The summed E-state index contributed by atoms with van der Waals surface area (Å²) in [7, 11) is 1.60. The van der Waals surface area contributed by atoms with Crippen LogP contribution in [0, 0.1) is 11.6 Å². The molecule has 0 fully saturated rings. The summed E-state index contributed by atoms with van der Waals surface area (Å²) in [4.78, 5) is 16.4. The number of ether oxygens (including phenoxy) is 1. The fraction of sp³-hybridized carbons (Fsp3) is 0.111. The fourth-order valence-corrected chi connectivity index (χ4v) is 3.00. The third-order valence-electron chi connectivity index (χ3n) is 3.48. The van der Waals surface area contributed by atoms with Crippen molar-refractivity contribution in [2.24, 2.45) is 0 Å². The zero-order chi connectivity index (χ0) is 17.8. The average molecular weight is 360 g/mol. The van der Waals surface area contributed by atoms with E-state index in [-0.39, 0.29) is 11.4 Å². The molecule has 1 aromatic heterocycles. The Balaban J connectivity index is 1.69. The van der Waals surface area contributed by atoms with Crippen molar-refractivity contribution in [3.63, 3.8) is 0 Å². The molecule has 0 saturated heterocycles. The second kappa shape index (κ2) is 7.40. The molecule has 1 amide bonds. The first-order valence-electron chi connectivity index (χ1n) is 7.39. The van der Waals surface area contributed by atoms with Crippen LogP contribution in [0.2, 0.25) is 0 Å². The summed E-state index contributed by atoms with van der Waals surface area (Å²) in [5, 5.41) is 4.67. The highest BCUT2D eigenvalue weighted by Gasteiger charge is 2.14. The van der Waals surface area contributed by atoms with Gasteiger partial charge in [0.25, 0.3) is 5.91 Å². The number of amides is 1. The van der Waals surface area contributed by atoms with Crippen molar-refractivity contribution in [3.05, 3.63) is 75.7 Å². The summed E-state index contributed by atoms with van der Waals surface area (Å²) in [6.07, 6.45) is 0.566. The highest BCUT2D eigenvalue weighted by Crippen LogP contribution is 2.20. The number of anilines is 1. The van der Waals surface area contributed by atoms with E-state index < -0.39 is 17.5 Å². The predicted molar refractivity (Wildman–Crippen MR) is 92.2 cm³/mol. The first-order chi connectivity index (χ1) is 12.0. The van der Waals surface area contributed by atoms with Crippen LogP contribution in [0.5, 0.6) is 5.75 Å². The van der Waals surface area contributed by atoms with Crippen molar-refractivity contribution in [2.45, 2.75) is 6.42 Å². The Kier molecular flexibility index (Phi) is 5.04. The standard InChI is InChI=1S/C18H14F2N2O2S/c1-24-13-5-2-11(3-6-13)8-17-21-16(10-25-17)18(23)22-15-9-12(19)4-7-14(15)20/h2-7,9-10H,8H2,1H3,(H,22,23). The monoisotopic (exact) mass is 360 g/mol. The summed E-state index contributed by atoms with van der Waals surface area (Å²) in [5.41, 5.74) is 0.977. The summed E-state index contributed by atoms with van der Waals surface area (Å²) in [6, 6.07) is 10.4. The molecule has 1 N–H and O–H groups in total. The highest BCUT2D eigenvalue weighted by atomic mass is 32.1. The molecule has 3 aromatic rings. The lowest BCUT2D eigenvalue weighted by molar-refractivity contribution is 0.102. The van der Waals surface area contributed by atoms with Gasteiger partial charge in [0.05, 0.1) is 17.8 Å². The van der Waals surface area contributed by atoms with Crippen LogP contribution in [0.4, 0.5) is 14.5 Å². The van der Waals surface area contributed by atoms with Crippen LogP contribution in [0.3, 0.4) is 0 Å². The molecule has 25 heavy (non-hydrogen) atoms. The number of aromatic nitrogens is 1. The van der Waals surface area contributed by atoms with Gasteiger partial charge < -0.3 is 10.1 Å². The molecule has 0 radical (unpaired) electrons. The number of nitrogens with one attached hydrogen (secondary N) is 1. The molecule has 0 bridgehead atoms. The fourth-order valence-electron chi connectivity index (χ4n) is 2.19. The number of hydrogen-bond acceptors (Lipinski definition) is 4. The van der Waals surface area contributed by atoms with E-state index in [2.05, 4.69) is 10.3 Å². The van der Waals surface area contributed by atoms with E-state index in [9.17, 15) is 13.6 Å². The maximum absolute atomic E-state index is 13.6. The number of carbonyl (C=O) groups is 1. The van der Waals surface area contributed by atoms with Gasteiger partial charge in [-0.3, -0.25) is 4.79 Å². The minimum absolute atomic E-state index is 0.164. The van der Waals surface area contributed by atoms with Crippen molar-refractivity contribution in [1.29, 1.82) is 0 Å². The first-order valence-corrected chi connectivity index (χ1v) is 8.27. The molecule has 2 aromatic carbocycles. The second-order valence-corrected chi connectivity index (χ2v) is 6.17. The maximum atomic E-state index is 13.6. The third kappa shape index (κ3) is 4.19. The van der Waals surface area contributed by atoms with Crippen molar-refractivity contribution >= 4 is 22.9 Å². The van der Waals surface area contributed by atoms with E-state index in [4.69, 9.17) is 4.74 Å². The molecule has 0 aliphatic heterocycles. The summed E-state index contributed by atoms with van der Waals surface area (Å²) in [6.45, 7) is 0. The quantitative estimate of drug-likeness (QED) is 0.739. The summed E-state index contributed by atoms with van der Waals surface area (Å²) >= 11 is 1.33. The lowest BCUT2D eigenvalue weighted by Crippen LogP contribution is -2.13. The van der Waals surface area contributed by atoms with Gasteiger partial charge in [0.15, 0.2) is 0 Å². The molecule has 1 heterocycles. The van der Waals surface area contributed by atoms with Gasteiger partial charge in [0.1, 0.15) is 23.1 Å². The zero-order valence-corrected chi connectivity index (χ0v) is 14.1. The Bertz CT molecular complexity index is 894. The molecule has 0 spiro atoms. The van der Waals surface area contributed by atoms with Crippen LogP contribution in [0.1, 0.15) is 21.1 Å². The molecular weight excluding hydrogens is 346 g/mol. The van der Waals surface area contributed by atoms with Gasteiger partial charge in [-0.2, -0.15) is 0 Å². The Hall–Kier alpha value is -2.80. The number of halogens is 2. The number of methoxy groups -OCH3 is 1. The summed E-state index contributed by atoms with van der Waals surface area (Å²) < 4.78 is 31.9. The molecule has 0 saturated carbocycles. The Labute approximate surface area is 147 Å². The zero-order valence-electron chi connectivity index (χ0n) is 13.3. The number of rotatable bonds is 5. The van der Waals surface area contributed by atoms with Crippen LogP contribution in [-0.2, 0) is 6.42 Å². The van der Waals surface area contributed by atoms with E-state index >= 15 is 0 Å². The summed E-state index contributed by atoms with van der Waals surface area (Å²) in [5.74, 6) is -1.15. The normalized spacial score (nSPS) is 10.5.